The summed E-state index contributed by atoms with van der Waals surface area (Å²) in [6, 6.07) is 16.6. The maximum absolute atomic E-state index is 12.8. The smallest absolute Gasteiger partial charge is 0.338 e. The fourth-order valence-electron chi connectivity index (χ4n) is 5.75. The largest absolute Gasteiger partial charge is 0.465 e. The van der Waals surface area contributed by atoms with Crippen molar-refractivity contribution in [3.05, 3.63) is 85.8 Å². The maximum atomic E-state index is 12.8. The van der Waals surface area contributed by atoms with Crippen molar-refractivity contribution in [2.75, 3.05) is 24.3 Å². The van der Waals surface area contributed by atoms with E-state index in [1.54, 1.807) is 24.3 Å². The minimum Gasteiger partial charge on any atom is -0.465 e. The van der Waals surface area contributed by atoms with Gasteiger partial charge in [0.25, 0.3) is 0 Å². The molecule has 1 fully saturated rings. The van der Waals surface area contributed by atoms with E-state index in [4.69, 9.17) is 38.4 Å². The van der Waals surface area contributed by atoms with Gasteiger partial charge >= 0.3 is 11.9 Å². The van der Waals surface area contributed by atoms with Gasteiger partial charge in [-0.15, -0.1) is 0 Å². The van der Waals surface area contributed by atoms with Crippen LogP contribution in [-0.2, 0) is 27.2 Å². The highest BCUT2D eigenvalue weighted by Gasteiger charge is 2.22. The molecule has 7 nitrogen and oxygen atoms in total. The van der Waals surface area contributed by atoms with Crippen LogP contribution in [0, 0.1) is 5.92 Å². The zero-order valence-electron chi connectivity index (χ0n) is 25.7. The molecular formula is C35H42BrCl2N3O4. The normalized spacial score (nSPS) is 14.1. The third kappa shape index (κ3) is 10.4. The number of esters is 2. The lowest BCUT2D eigenvalue weighted by Crippen LogP contribution is -2.36. The third-order valence-corrected chi connectivity index (χ3v) is 9.56. The summed E-state index contributed by atoms with van der Waals surface area (Å²) >= 11 is 16.1. The first-order valence-corrected chi connectivity index (χ1v) is 17.2. The molecule has 0 aromatic heterocycles. The number of nitrogens with two attached hydrogens (primary N) is 1. The lowest BCUT2D eigenvalue weighted by molar-refractivity contribution is -0.143. The van der Waals surface area contributed by atoms with Crippen LogP contribution in [0.3, 0.4) is 0 Å². The van der Waals surface area contributed by atoms with Gasteiger partial charge in [-0.25, -0.2) is 4.79 Å². The molecular weight excluding hydrogens is 677 g/mol. The molecule has 4 N–H and O–H groups in total. The number of benzene rings is 3. The van der Waals surface area contributed by atoms with E-state index in [9.17, 15) is 9.59 Å². The number of unbranched alkanes of at least 4 members (excludes halogenated alkanes) is 1. The molecule has 0 heterocycles. The average Bonchev–Trinajstić information content (AvgIpc) is 3.04. The summed E-state index contributed by atoms with van der Waals surface area (Å²) in [5, 5.41) is 7.88. The Labute approximate surface area is 284 Å². The van der Waals surface area contributed by atoms with E-state index < -0.39 is 5.97 Å². The van der Waals surface area contributed by atoms with Crippen molar-refractivity contribution >= 4 is 68.1 Å². The van der Waals surface area contributed by atoms with E-state index in [-0.39, 0.29) is 25.6 Å². The van der Waals surface area contributed by atoms with Gasteiger partial charge in [0.15, 0.2) is 0 Å². The number of hydrogen-bond donors (Lipinski definition) is 3. The Morgan fingerprint density at radius 1 is 0.956 bits per heavy atom. The standard InChI is InChI=1S/C35H42BrCl2N3O4/c1-2-30(23-11-4-3-5-12-23)40-22-26-19-25(20-27(36)33(26)39)35(43)45-18-9-8-17-44-32(42)21-24-13-6-7-16-31(24)41-34-28(37)14-10-15-29(34)38/h6-7,10,13-16,19-20,23,30,40-41H,2-5,8-9,11-12,17-18,21-22,39H2,1H3. The molecule has 0 aliphatic heterocycles. The molecule has 0 saturated heterocycles. The number of anilines is 3. The fourth-order valence-corrected chi connectivity index (χ4v) is 6.75. The summed E-state index contributed by atoms with van der Waals surface area (Å²) in [5.74, 6) is -0.0725. The number of para-hydroxylation sites is 2. The number of halogens is 3. The predicted molar refractivity (Wildman–Crippen MR) is 186 cm³/mol. The first-order valence-electron chi connectivity index (χ1n) is 15.7. The zero-order chi connectivity index (χ0) is 32.2. The second-order valence-electron chi connectivity index (χ2n) is 11.4. The predicted octanol–water partition coefficient (Wildman–Crippen LogP) is 9.25. The molecule has 45 heavy (non-hydrogen) atoms. The van der Waals surface area contributed by atoms with Gasteiger partial charge in [0, 0.05) is 22.7 Å². The number of carbonyl (C=O) groups is 2. The van der Waals surface area contributed by atoms with Crippen LogP contribution in [0.25, 0.3) is 0 Å². The topological polar surface area (TPSA) is 103 Å². The van der Waals surface area contributed by atoms with Crippen molar-refractivity contribution in [1.82, 2.24) is 5.32 Å². The van der Waals surface area contributed by atoms with Crippen molar-refractivity contribution in [2.24, 2.45) is 5.92 Å². The van der Waals surface area contributed by atoms with Crippen LogP contribution in [0.15, 0.2) is 59.1 Å². The Balaban J connectivity index is 1.20. The van der Waals surface area contributed by atoms with E-state index in [0.29, 0.717) is 62.8 Å². The lowest BCUT2D eigenvalue weighted by Gasteiger charge is -2.30. The second kappa shape index (κ2) is 17.8. The number of rotatable bonds is 15. The van der Waals surface area contributed by atoms with E-state index in [1.807, 2.05) is 30.3 Å². The molecule has 10 heteroatoms. The number of nitrogen functional groups attached to an aromatic ring is 1. The first kappa shape index (κ1) is 35.1. The van der Waals surface area contributed by atoms with Gasteiger partial charge in [-0.05, 0) is 95.4 Å². The quantitative estimate of drug-likeness (QED) is 0.0818. The van der Waals surface area contributed by atoms with E-state index >= 15 is 0 Å². The molecule has 3 aromatic carbocycles. The van der Waals surface area contributed by atoms with Crippen molar-refractivity contribution in [2.45, 2.75) is 77.3 Å². The summed E-state index contributed by atoms with van der Waals surface area (Å²) in [5.41, 5.74) is 10.4. The van der Waals surface area contributed by atoms with Crippen molar-refractivity contribution in [1.29, 1.82) is 0 Å². The Morgan fingerprint density at radius 3 is 2.36 bits per heavy atom. The molecule has 0 spiro atoms. The maximum Gasteiger partial charge on any atom is 0.338 e. The van der Waals surface area contributed by atoms with E-state index in [1.165, 1.54) is 32.1 Å². The van der Waals surface area contributed by atoms with Gasteiger partial charge in [-0.2, -0.15) is 0 Å². The molecule has 0 amide bonds. The van der Waals surface area contributed by atoms with Crippen LogP contribution >= 0.6 is 39.1 Å². The molecule has 0 bridgehead atoms. The van der Waals surface area contributed by atoms with Gasteiger partial charge in [-0.3, -0.25) is 4.79 Å². The minimum absolute atomic E-state index is 0.0864. The first-order chi connectivity index (χ1) is 21.8. The van der Waals surface area contributed by atoms with Gasteiger partial charge in [-0.1, -0.05) is 73.7 Å². The van der Waals surface area contributed by atoms with E-state index in [0.717, 1.165) is 23.2 Å². The highest BCUT2D eigenvalue weighted by atomic mass is 79.9. The Morgan fingerprint density at radius 2 is 1.64 bits per heavy atom. The lowest BCUT2D eigenvalue weighted by atomic mass is 9.83. The number of ether oxygens (including phenoxy) is 2. The van der Waals surface area contributed by atoms with Gasteiger partial charge in [0.2, 0.25) is 0 Å². The van der Waals surface area contributed by atoms with Crippen LogP contribution in [-0.4, -0.2) is 31.2 Å². The van der Waals surface area contributed by atoms with Crippen LogP contribution in [0.5, 0.6) is 0 Å². The van der Waals surface area contributed by atoms with Gasteiger partial charge < -0.3 is 25.8 Å². The minimum atomic E-state index is -0.406. The summed E-state index contributed by atoms with van der Waals surface area (Å²) < 4.78 is 11.6. The summed E-state index contributed by atoms with van der Waals surface area (Å²) in [6.45, 7) is 3.26. The summed E-state index contributed by atoms with van der Waals surface area (Å²) in [4.78, 5) is 25.4. The molecule has 1 saturated carbocycles. The summed E-state index contributed by atoms with van der Waals surface area (Å²) in [6.07, 6.45) is 8.73. The molecule has 1 unspecified atom stereocenters. The van der Waals surface area contributed by atoms with E-state index in [2.05, 4.69) is 33.5 Å². The highest BCUT2D eigenvalue weighted by Crippen LogP contribution is 2.34. The number of hydrogen-bond acceptors (Lipinski definition) is 7. The second-order valence-corrected chi connectivity index (χ2v) is 13.1. The van der Waals surface area contributed by atoms with Crippen LogP contribution in [0.1, 0.15) is 79.8 Å². The van der Waals surface area contributed by atoms with Crippen molar-refractivity contribution in [3.63, 3.8) is 0 Å². The zero-order valence-corrected chi connectivity index (χ0v) is 28.8. The average molecular weight is 720 g/mol. The van der Waals surface area contributed by atoms with Gasteiger partial charge in [0.1, 0.15) is 0 Å². The SMILES string of the molecule is CCC(NCc1cc(C(=O)OCCCCOC(=O)Cc2ccccc2Nc2c(Cl)cccc2Cl)cc(Br)c1N)C1CCCCC1. The van der Waals surface area contributed by atoms with Crippen LogP contribution in [0.4, 0.5) is 17.1 Å². The Hall–Kier alpha value is -2.78. The molecule has 1 atom stereocenters. The highest BCUT2D eigenvalue weighted by molar-refractivity contribution is 9.10. The van der Waals surface area contributed by atoms with Crippen LogP contribution < -0.4 is 16.4 Å². The molecule has 1 aliphatic carbocycles. The number of carbonyl (C=O) groups excluding carboxylic acids is 2. The van der Waals surface area contributed by atoms with Crippen LogP contribution in [0.2, 0.25) is 10.0 Å². The molecule has 1 aliphatic rings. The third-order valence-electron chi connectivity index (χ3n) is 8.27. The fraction of sp³-hybridized carbons (Fsp3) is 0.429. The Bertz CT molecular complexity index is 1430. The Kier molecular flexibility index (Phi) is 13.9. The monoisotopic (exact) mass is 717 g/mol. The molecule has 242 valence electrons. The molecule has 4 rings (SSSR count). The summed E-state index contributed by atoms with van der Waals surface area (Å²) in [7, 11) is 0. The number of nitrogens with one attached hydrogen (secondary N) is 2. The molecule has 0 radical (unpaired) electrons. The van der Waals surface area contributed by atoms with Gasteiger partial charge in [0.05, 0.1) is 46.6 Å². The molecule has 3 aromatic rings. The van der Waals surface area contributed by atoms with Crippen molar-refractivity contribution in [3.8, 4) is 0 Å². The van der Waals surface area contributed by atoms with Crippen molar-refractivity contribution < 1.29 is 19.1 Å².